The van der Waals surface area contributed by atoms with E-state index >= 15 is 0 Å². The highest BCUT2D eigenvalue weighted by atomic mass is 16.6. The normalized spacial score (nSPS) is 12.4. The third-order valence-corrected chi connectivity index (χ3v) is 4.59. The molecule has 0 spiro atoms. The van der Waals surface area contributed by atoms with Crippen LogP contribution in [0.5, 0.6) is 11.5 Å². The first-order valence-electron chi connectivity index (χ1n) is 9.42. The number of carbonyl (C=O) groups is 1. The van der Waals surface area contributed by atoms with Crippen molar-refractivity contribution in [2.75, 3.05) is 23.8 Å². The summed E-state index contributed by atoms with van der Waals surface area (Å²) in [5, 5.41) is 15.2. The van der Waals surface area contributed by atoms with Crippen molar-refractivity contribution in [2.45, 2.75) is 0 Å². The van der Waals surface area contributed by atoms with Crippen molar-refractivity contribution in [3.8, 4) is 11.5 Å². The number of nitrogens with one attached hydrogen (secondary N) is 2. The second-order valence-electron chi connectivity index (χ2n) is 6.62. The van der Waals surface area contributed by atoms with E-state index in [0.717, 1.165) is 16.6 Å². The lowest BCUT2D eigenvalue weighted by Crippen LogP contribution is -2.17. The Kier molecular flexibility index (Phi) is 4.57. The van der Waals surface area contributed by atoms with Crippen LogP contribution < -0.4 is 20.1 Å². The molecular formula is C22H17N5O3. The summed E-state index contributed by atoms with van der Waals surface area (Å²) in [4.78, 5) is 16.9. The van der Waals surface area contributed by atoms with Gasteiger partial charge in [-0.05, 0) is 36.4 Å². The van der Waals surface area contributed by atoms with Gasteiger partial charge in [0.15, 0.2) is 23.0 Å². The third kappa shape index (κ3) is 3.58. The molecule has 0 fully saturated rings. The zero-order valence-corrected chi connectivity index (χ0v) is 15.8. The minimum Gasteiger partial charge on any atom is -0.486 e. The molecule has 148 valence electrons. The molecule has 2 N–H and O–H groups in total. The van der Waals surface area contributed by atoms with Crippen LogP contribution in [0.4, 0.5) is 17.2 Å². The average molecular weight is 399 g/mol. The van der Waals surface area contributed by atoms with Crippen molar-refractivity contribution in [3.63, 3.8) is 0 Å². The van der Waals surface area contributed by atoms with Crippen LogP contribution in [-0.4, -0.2) is 34.3 Å². The van der Waals surface area contributed by atoms with Gasteiger partial charge in [-0.1, -0.05) is 18.2 Å². The van der Waals surface area contributed by atoms with Crippen LogP contribution >= 0.6 is 0 Å². The molecule has 5 rings (SSSR count). The lowest BCUT2D eigenvalue weighted by molar-refractivity contribution is 0.102. The molecule has 1 aliphatic rings. The fourth-order valence-electron chi connectivity index (χ4n) is 3.18. The number of hydrogen-bond donors (Lipinski definition) is 2. The summed E-state index contributed by atoms with van der Waals surface area (Å²) in [6, 6.07) is 18.3. The Bertz CT molecular complexity index is 1220. The molecule has 0 aliphatic carbocycles. The lowest BCUT2D eigenvalue weighted by Gasteiger charge is -2.18. The lowest BCUT2D eigenvalue weighted by atomic mass is 10.2. The molecule has 2 aromatic carbocycles. The van der Waals surface area contributed by atoms with E-state index in [2.05, 4.69) is 25.8 Å². The van der Waals surface area contributed by atoms with Gasteiger partial charge in [-0.15, -0.1) is 10.2 Å². The first-order chi connectivity index (χ1) is 14.8. The topological polar surface area (TPSA) is 98.3 Å². The number of rotatable bonds is 4. The summed E-state index contributed by atoms with van der Waals surface area (Å²) in [7, 11) is 0. The van der Waals surface area contributed by atoms with Crippen molar-refractivity contribution in [1.29, 1.82) is 0 Å². The summed E-state index contributed by atoms with van der Waals surface area (Å²) in [6.07, 6.45) is 1.74. The van der Waals surface area contributed by atoms with Crippen LogP contribution in [0.15, 0.2) is 66.9 Å². The second kappa shape index (κ2) is 7.67. The van der Waals surface area contributed by atoms with E-state index in [0.29, 0.717) is 36.2 Å². The molecule has 30 heavy (non-hydrogen) atoms. The highest BCUT2D eigenvalue weighted by Gasteiger charge is 2.14. The number of aromatic nitrogens is 3. The Morgan fingerprint density at radius 2 is 1.77 bits per heavy atom. The second-order valence-corrected chi connectivity index (χ2v) is 6.62. The number of amides is 1. The van der Waals surface area contributed by atoms with Gasteiger partial charge in [0, 0.05) is 23.3 Å². The zero-order valence-electron chi connectivity index (χ0n) is 15.8. The van der Waals surface area contributed by atoms with Crippen molar-refractivity contribution in [2.24, 2.45) is 0 Å². The van der Waals surface area contributed by atoms with E-state index in [1.54, 1.807) is 36.5 Å². The molecule has 3 heterocycles. The molecule has 0 atom stereocenters. The minimum atomic E-state index is -0.363. The summed E-state index contributed by atoms with van der Waals surface area (Å²) >= 11 is 0. The largest absolute Gasteiger partial charge is 0.486 e. The molecular weight excluding hydrogens is 382 g/mol. The predicted octanol–water partition coefficient (Wildman–Crippen LogP) is 3.79. The minimum absolute atomic E-state index is 0.200. The molecule has 4 aromatic rings. The quantitative estimate of drug-likeness (QED) is 0.539. The van der Waals surface area contributed by atoms with Gasteiger partial charge >= 0.3 is 0 Å². The SMILES string of the molecule is O=C(Nc1ccc2c(c1)OCCO2)c1ccc(Nc2cccc3cccnc23)nn1. The summed E-state index contributed by atoms with van der Waals surface area (Å²) < 4.78 is 11.0. The fourth-order valence-corrected chi connectivity index (χ4v) is 3.18. The zero-order chi connectivity index (χ0) is 20.3. The molecule has 1 aliphatic heterocycles. The molecule has 0 unspecified atom stereocenters. The predicted molar refractivity (Wildman–Crippen MR) is 112 cm³/mol. The Morgan fingerprint density at radius 1 is 0.900 bits per heavy atom. The molecule has 8 heteroatoms. The fraction of sp³-hybridized carbons (Fsp3) is 0.0909. The monoisotopic (exact) mass is 399 g/mol. The van der Waals surface area contributed by atoms with Crippen LogP contribution in [0.3, 0.4) is 0 Å². The number of nitrogens with zero attached hydrogens (tertiary/aromatic N) is 3. The smallest absolute Gasteiger partial charge is 0.276 e. The Hall–Kier alpha value is -4.20. The molecule has 0 bridgehead atoms. The Labute approximate surface area is 171 Å². The van der Waals surface area contributed by atoms with Gasteiger partial charge in [0.05, 0.1) is 11.2 Å². The summed E-state index contributed by atoms with van der Waals surface area (Å²) in [5.74, 6) is 1.42. The number of ether oxygens (including phenoxy) is 2. The van der Waals surface area contributed by atoms with E-state index in [1.165, 1.54) is 0 Å². The Balaban J connectivity index is 1.30. The van der Waals surface area contributed by atoms with E-state index in [9.17, 15) is 4.79 Å². The van der Waals surface area contributed by atoms with E-state index < -0.39 is 0 Å². The molecule has 0 radical (unpaired) electrons. The number of pyridine rings is 1. The number of benzene rings is 2. The van der Waals surface area contributed by atoms with Crippen molar-refractivity contribution in [1.82, 2.24) is 15.2 Å². The maximum atomic E-state index is 12.5. The first-order valence-corrected chi connectivity index (χ1v) is 9.42. The maximum Gasteiger partial charge on any atom is 0.276 e. The standard InChI is InChI=1S/C22H17N5O3/c28-22(24-15-6-8-18-19(13-15)30-12-11-29-18)17-7-9-20(27-26-17)25-16-5-1-3-14-4-2-10-23-21(14)16/h1-10,13H,11-12H2,(H,24,28)(H,25,27). The molecule has 0 saturated heterocycles. The number of fused-ring (bicyclic) bond motifs is 2. The van der Waals surface area contributed by atoms with Gasteiger partial charge in [0.25, 0.3) is 5.91 Å². The third-order valence-electron chi connectivity index (χ3n) is 4.59. The van der Waals surface area contributed by atoms with Gasteiger partial charge in [0.1, 0.15) is 13.2 Å². The first kappa shape index (κ1) is 17.9. The average Bonchev–Trinajstić information content (AvgIpc) is 2.80. The van der Waals surface area contributed by atoms with Crippen molar-refractivity contribution >= 4 is 34.0 Å². The highest BCUT2D eigenvalue weighted by molar-refractivity contribution is 6.03. The van der Waals surface area contributed by atoms with Crippen LogP contribution in [0, 0.1) is 0 Å². The van der Waals surface area contributed by atoms with Gasteiger partial charge in [-0.2, -0.15) is 0 Å². The van der Waals surface area contributed by atoms with Crippen LogP contribution in [0.25, 0.3) is 10.9 Å². The van der Waals surface area contributed by atoms with Gasteiger partial charge < -0.3 is 20.1 Å². The number of para-hydroxylation sites is 1. The maximum absolute atomic E-state index is 12.5. The number of carbonyl (C=O) groups excluding carboxylic acids is 1. The van der Waals surface area contributed by atoms with Gasteiger partial charge in [-0.25, -0.2) is 0 Å². The summed E-state index contributed by atoms with van der Waals surface area (Å²) in [6.45, 7) is 1.00. The van der Waals surface area contributed by atoms with E-state index in [1.807, 2.05) is 30.3 Å². The van der Waals surface area contributed by atoms with Gasteiger partial charge in [-0.3, -0.25) is 9.78 Å². The van der Waals surface area contributed by atoms with Crippen molar-refractivity contribution < 1.29 is 14.3 Å². The van der Waals surface area contributed by atoms with Crippen LogP contribution in [0.2, 0.25) is 0 Å². The molecule has 8 nitrogen and oxygen atoms in total. The Morgan fingerprint density at radius 3 is 2.63 bits per heavy atom. The van der Waals surface area contributed by atoms with E-state index in [4.69, 9.17) is 9.47 Å². The molecule has 1 amide bonds. The van der Waals surface area contributed by atoms with Crippen molar-refractivity contribution in [3.05, 3.63) is 72.6 Å². The molecule has 0 saturated carbocycles. The van der Waals surface area contributed by atoms with Crippen LogP contribution in [-0.2, 0) is 0 Å². The van der Waals surface area contributed by atoms with Gasteiger partial charge in [0.2, 0.25) is 0 Å². The highest BCUT2D eigenvalue weighted by Crippen LogP contribution is 2.32. The molecule has 2 aromatic heterocycles. The number of anilines is 3. The summed E-state index contributed by atoms with van der Waals surface area (Å²) in [5.41, 5.74) is 2.44. The number of hydrogen-bond acceptors (Lipinski definition) is 7. The van der Waals surface area contributed by atoms with E-state index in [-0.39, 0.29) is 11.6 Å². The van der Waals surface area contributed by atoms with Crippen LogP contribution in [0.1, 0.15) is 10.5 Å².